The summed E-state index contributed by atoms with van der Waals surface area (Å²) in [6, 6.07) is 11.9. The number of benzene rings is 1. The highest BCUT2D eigenvalue weighted by Gasteiger charge is 2.09. The summed E-state index contributed by atoms with van der Waals surface area (Å²) in [7, 11) is 0. The monoisotopic (exact) mass is 454 g/mol. The lowest BCUT2D eigenvalue weighted by molar-refractivity contribution is 0.533. The van der Waals surface area contributed by atoms with Gasteiger partial charge in [-0.2, -0.15) is 9.78 Å². The maximum absolute atomic E-state index is 5.40. The zero-order chi connectivity index (χ0) is 16.2. The molecule has 118 valence electrons. The Morgan fingerprint density at radius 3 is 2.65 bits per heavy atom. The van der Waals surface area contributed by atoms with Crippen LogP contribution >= 0.6 is 43.6 Å². The Labute approximate surface area is 154 Å². The van der Waals surface area contributed by atoms with Crippen LogP contribution in [0.5, 0.6) is 0 Å². The molecule has 0 bridgehead atoms. The molecule has 3 aromatic rings. The molecular formula is C15H12Br2N4OS. The van der Waals surface area contributed by atoms with E-state index >= 15 is 0 Å². The summed E-state index contributed by atoms with van der Waals surface area (Å²) >= 11 is 8.29. The summed E-state index contributed by atoms with van der Waals surface area (Å²) in [5.41, 5.74) is 1.21. The molecule has 0 atom stereocenters. The van der Waals surface area contributed by atoms with Crippen molar-refractivity contribution in [3.63, 3.8) is 0 Å². The van der Waals surface area contributed by atoms with Crippen LogP contribution in [-0.2, 0) is 5.75 Å². The van der Waals surface area contributed by atoms with Gasteiger partial charge in [-0.3, -0.25) is 0 Å². The fraction of sp³-hybridized carbons (Fsp3) is 0.133. The Kier molecular flexibility index (Phi) is 5.34. The Hall–Kier alpha value is -1.38. The van der Waals surface area contributed by atoms with Crippen molar-refractivity contribution in [3.8, 4) is 0 Å². The number of aryl methyl sites for hydroxylation is 1. The van der Waals surface area contributed by atoms with Crippen LogP contribution < -0.4 is 0 Å². The van der Waals surface area contributed by atoms with Gasteiger partial charge in [0.2, 0.25) is 5.16 Å². The standard InChI is InChI=1S/C15H12Br2N4OS/c1-10-19-20-15(23-9-11-2-4-12(16)5-3-11)21(10)18-8-13-6-7-14(17)22-13/h2-8H,9H2,1H3/b18-8+. The zero-order valence-corrected chi connectivity index (χ0v) is 16.1. The summed E-state index contributed by atoms with van der Waals surface area (Å²) < 4.78 is 8.85. The van der Waals surface area contributed by atoms with Crippen LogP contribution in [0.1, 0.15) is 17.1 Å². The predicted octanol–water partition coefficient (Wildman–Crippen LogP) is 4.88. The molecule has 0 aliphatic heterocycles. The van der Waals surface area contributed by atoms with E-state index in [0.29, 0.717) is 10.4 Å². The first-order chi connectivity index (χ1) is 11.1. The molecule has 0 fully saturated rings. The van der Waals surface area contributed by atoms with Crippen molar-refractivity contribution in [2.75, 3.05) is 0 Å². The van der Waals surface area contributed by atoms with Gasteiger partial charge in [0.05, 0.1) is 6.21 Å². The van der Waals surface area contributed by atoms with E-state index in [-0.39, 0.29) is 0 Å². The molecule has 0 aliphatic rings. The lowest BCUT2D eigenvalue weighted by Crippen LogP contribution is -1.96. The third-order valence-electron chi connectivity index (χ3n) is 2.94. The van der Waals surface area contributed by atoms with Gasteiger partial charge in [0.1, 0.15) is 5.76 Å². The Morgan fingerprint density at radius 2 is 1.96 bits per heavy atom. The predicted molar refractivity (Wildman–Crippen MR) is 97.9 cm³/mol. The number of hydrogen-bond donors (Lipinski definition) is 0. The van der Waals surface area contributed by atoms with Crippen LogP contribution in [0, 0.1) is 6.92 Å². The number of hydrogen-bond acceptors (Lipinski definition) is 5. The first kappa shape index (κ1) is 16.5. The Bertz CT molecular complexity index is 826. The molecule has 0 N–H and O–H groups in total. The fourth-order valence-corrected chi connectivity index (χ4v) is 3.27. The van der Waals surface area contributed by atoms with E-state index in [4.69, 9.17) is 4.42 Å². The molecule has 23 heavy (non-hydrogen) atoms. The topological polar surface area (TPSA) is 56.2 Å². The van der Waals surface area contributed by atoms with Crippen molar-refractivity contribution in [2.45, 2.75) is 17.8 Å². The van der Waals surface area contributed by atoms with E-state index in [2.05, 4.69) is 59.3 Å². The van der Waals surface area contributed by atoms with Crippen LogP contribution in [0.25, 0.3) is 0 Å². The molecule has 0 amide bonds. The third-order valence-corrected chi connectivity index (χ3v) is 4.89. The van der Waals surface area contributed by atoms with Gasteiger partial charge in [-0.1, -0.05) is 39.8 Å². The maximum atomic E-state index is 5.40. The van der Waals surface area contributed by atoms with Gasteiger partial charge in [0, 0.05) is 10.2 Å². The Balaban J connectivity index is 1.73. The highest BCUT2D eigenvalue weighted by molar-refractivity contribution is 9.10. The zero-order valence-electron chi connectivity index (χ0n) is 12.1. The first-order valence-corrected chi connectivity index (χ1v) is 9.28. The quantitative estimate of drug-likeness (QED) is 0.406. The van der Waals surface area contributed by atoms with Crippen LogP contribution in [0.3, 0.4) is 0 Å². The van der Waals surface area contributed by atoms with E-state index in [1.54, 1.807) is 22.7 Å². The van der Waals surface area contributed by atoms with Crippen LogP contribution in [-0.4, -0.2) is 21.1 Å². The second kappa shape index (κ2) is 7.46. The summed E-state index contributed by atoms with van der Waals surface area (Å²) in [6.07, 6.45) is 1.64. The minimum absolute atomic E-state index is 0.661. The average molecular weight is 456 g/mol. The maximum Gasteiger partial charge on any atom is 0.212 e. The van der Waals surface area contributed by atoms with Crippen LogP contribution in [0.4, 0.5) is 0 Å². The Morgan fingerprint density at radius 1 is 1.17 bits per heavy atom. The molecule has 3 rings (SSSR count). The lowest BCUT2D eigenvalue weighted by Gasteiger charge is -2.02. The number of thioether (sulfide) groups is 1. The number of nitrogens with zero attached hydrogens (tertiary/aromatic N) is 4. The van der Waals surface area contributed by atoms with Crippen molar-refractivity contribution < 1.29 is 4.42 Å². The highest BCUT2D eigenvalue weighted by Crippen LogP contribution is 2.23. The van der Waals surface area contributed by atoms with Gasteiger partial charge in [-0.25, -0.2) is 0 Å². The van der Waals surface area contributed by atoms with Gasteiger partial charge in [0.15, 0.2) is 10.5 Å². The lowest BCUT2D eigenvalue weighted by atomic mass is 10.2. The van der Waals surface area contributed by atoms with E-state index in [0.717, 1.165) is 21.2 Å². The largest absolute Gasteiger partial charge is 0.448 e. The van der Waals surface area contributed by atoms with Gasteiger partial charge < -0.3 is 4.42 Å². The summed E-state index contributed by atoms with van der Waals surface area (Å²) in [5, 5.41) is 13.4. The molecule has 0 saturated carbocycles. The fourth-order valence-electron chi connectivity index (χ4n) is 1.80. The first-order valence-electron chi connectivity index (χ1n) is 6.71. The minimum Gasteiger partial charge on any atom is -0.448 e. The molecule has 0 unspecified atom stereocenters. The molecule has 0 saturated heterocycles. The number of rotatable bonds is 5. The van der Waals surface area contributed by atoms with Gasteiger partial charge in [-0.05, 0) is 52.7 Å². The SMILES string of the molecule is Cc1nnc(SCc2ccc(Br)cc2)n1/N=C/c1ccc(Br)o1. The van der Waals surface area contributed by atoms with Gasteiger partial charge in [-0.15, -0.1) is 10.2 Å². The molecule has 0 aliphatic carbocycles. The third kappa shape index (κ3) is 4.33. The molecule has 1 aromatic carbocycles. The smallest absolute Gasteiger partial charge is 0.212 e. The van der Waals surface area contributed by atoms with Crippen molar-refractivity contribution in [3.05, 3.63) is 62.7 Å². The molecule has 0 spiro atoms. The van der Waals surface area contributed by atoms with E-state index in [1.807, 2.05) is 31.2 Å². The molecule has 8 heteroatoms. The molecule has 2 heterocycles. The van der Waals surface area contributed by atoms with Crippen LogP contribution in [0.2, 0.25) is 0 Å². The van der Waals surface area contributed by atoms with E-state index in [1.165, 1.54) is 5.56 Å². The molecule has 5 nitrogen and oxygen atoms in total. The minimum atomic E-state index is 0.661. The number of furan rings is 1. The van der Waals surface area contributed by atoms with E-state index < -0.39 is 0 Å². The normalized spacial score (nSPS) is 11.4. The molecule has 0 radical (unpaired) electrons. The van der Waals surface area contributed by atoms with E-state index in [9.17, 15) is 0 Å². The molecule has 2 aromatic heterocycles. The summed E-state index contributed by atoms with van der Waals surface area (Å²) in [5.74, 6) is 2.19. The second-order valence-electron chi connectivity index (χ2n) is 4.64. The van der Waals surface area contributed by atoms with Crippen molar-refractivity contribution in [1.29, 1.82) is 0 Å². The van der Waals surface area contributed by atoms with Crippen LogP contribution in [0.15, 0.2) is 60.2 Å². The van der Waals surface area contributed by atoms with Gasteiger partial charge in [0.25, 0.3) is 0 Å². The van der Waals surface area contributed by atoms with Crippen molar-refractivity contribution in [2.24, 2.45) is 5.10 Å². The van der Waals surface area contributed by atoms with Gasteiger partial charge >= 0.3 is 0 Å². The highest BCUT2D eigenvalue weighted by atomic mass is 79.9. The average Bonchev–Trinajstić information content (AvgIpc) is 3.11. The summed E-state index contributed by atoms with van der Waals surface area (Å²) in [6.45, 7) is 1.87. The number of halogens is 2. The van der Waals surface area contributed by atoms with Crippen molar-refractivity contribution in [1.82, 2.24) is 14.9 Å². The second-order valence-corrected chi connectivity index (χ2v) is 7.28. The molecular weight excluding hydrogens is 444 g/mol. The number of aromatic nitrogens is 3. The van der Waals surface area contributed by atoms with Crippen molar-refractivity contribution >= 4 is 49.8 Å². The summed E-state index contributed by atoms with van der Waals surface area (Å²) in [4.78, 5) is 0.